The number of carbonyl (C=O) groups is 1. The molecule has 1 atom stereocenters. The van der Waals surface area contributed by atoms with Gasteiger partial charge in [0.25, 0.3) is 11.5 Å². The molecule has 1 amide bonds. The minimum Gasteiger partial charge on any atom is -0.358 e. The van der Waals surface area contributed by atoms with E-state index in [0.717, 1.165) is 12.8 Å². The first kappa shape index (κ1) is 17.1. The average Bonchev–Trinajstić information content (AvgIpc) is 2.68. The Balaban J connectivity index is 1.65. The number of likely N-dealkylation sites (tertiary alicyclic amines) is 1. The zero-order valence-electron chi connectivity index (χ0n) is 14.4. The SMILES string of the molecule is O=C(c1c[nH]c2c(F)cccc2c1=O)N1CCC[C@H](c2cc(=O)[nH]cn2)C1. The predicted octanol–water partition coefficient (Wildman–Crippen LogP) is 1.77. The van der Waals surface area contributed by atoms with Crippen molar-refractivity contribution in [3.8, 4) is 0 Å². The number of carbonyl (C=O) groups excluding carboxylic acids is 1. The van der Waals surface area contributed by atoms with E-state index in [4.69, 9.17) is 0 Å². The Labute approximate surface area is 152 Å². The number of piperidine rings is 1. The number of nitrogens with one attached hydrogen (secondary N) is 2. The summed E-state index contributed by atoms with van der Waals surface area (Å²) in [5.74, 6) is -1.01. The summed E-state index contributed by atoms with van der Waals surface area (Å²) in [6.07, 6.45) is 4.16. The number of amides is 1. The summed E-state index contributed by atoms with van der Waals surface area (Å²) in [7, 11) is 0. The maximum absolute atomic E-state index is 13.8. The molecule has 1 fully saturated rings. The molecule has 138 valence electrons. The molecule has 2 N–H and O–H groups in total. The number of pyridine rings is 1. The molecule has 3 heterocycles. The van der Waals surface area contributed by atoms with Crippen LogP contribution in [0.25, 0.3) is 10.9 Å². The van der Waals surface area contributed by atoms with Gasteiger partial charge in [0.05, 0.1) is 17.5 Å². The second-order valence-corrected chi connectivity index (χ2v) is 6.62. The summed E-state index contributed by atoms with van der Waals surface area (Å²) in [5, 5.41) is 0.144. The number of aromatic amines is 2. The van der Waals surface area contributed by atoms with Gasteiger partial charge in [-0.15, -0.1) is 0 Å². The molecule has 27 heavy (non-hydrogen) atoms. The maximum atomic E-state index is 13.8. The zero-order chi connectivity index (χ0) is 19.0. The fraction of sp³-hybridized carbons (Fsp3) is 0.263. The molecule has 0 aliphatic carbocycles. The van der Waals surface area contributed by atoms with Gasteiger partial charge >= 0.3 is 0 Å². The highest BCUT2D eigenvalue weighted by Crippen LogP contribution is 2.25. The van der Waals surface area contributed by atoms with Gasteiger partial charge in [-0.05, 0) is 25.0 Å². The normalized spacial score (nSPS) is 17.2. The number of hydrogen-bond acceptors (Lipinski definition) is 4. The number of nitrogens with zero attached hydrogens (tertiary/aromatic N) is 2. The topological polar surface area (TPSA) is 98.9 Å². The Morgan fingerprint density at radius 3 is 2.93 bits per heavy atom. The third kappa shape index (κ3) is 3.14. The van der Waals surface area contributed by atoms with Gasteiger partial charge in [-0.25, -0.2) is 9.37 Å². The lowest BCUT2D eigenvalue weighted by Gasteiger charge is -2.32. The van der Waals surface area contributed by atoms with Crippen molar-refractivity contribution in [1.82, 2.24) is 19.9 Å². The van der Waals surface area contributed by atoms with E-state index < -0.39 is 17.2 Å². The van der Waals surface area contributed by atoms with Crippen LogP contribution in [0.4, 0.5) is 4.39 Å². The molecule has 1 aliphatic heterocycles. The van der Waals surface area contributed by atoms with Crippen LogP contribution in [-0.2, 0) is 0 Å². The lowest BCUT2D eigenvalue weighted by Crippen LogP contribution is -2.41. The predicted molar refractivity (Wildman–Crippen MR) is 97.3 cm³/mol. The first-order chi connectivity index (χ1) is 13.0. The molecule has 2 aromatic heterocycles. The third-order valence-electron chi connectivity index (χ3n) is 4.92. The van der Waals surface area contributed by atoms with Crippen LogP contribution in [0.5, 0.6) is 0 Å². The van der Waals surface area contributed by atoms with Gasteiger partial charge in [-0.2, -0.15) is 0 Å². The van der Waals surface area contributed by atoms with Crippen LogP contribution in [0.3, 0.4) is 0 Å². The lowest BCUT2D eigenvalue weighted by molar-refractivity contribution is 0.0704. The molecule has 3 aromatic rings. The smallest absolute Gasteiger partial charge is 0.259 e. The minimum atomic E-state index is -0.540. The number of benzene rings is 1. The summed E-state index contributed by atoms with van der Waals surface area (Å²) in [4.78, 5) is 48.1. The number of fused-ring (bicyclic) bond motifs is 1. The highest BCUT2D eigenvalue weighted by Gasteiger charge is 2.28. The van der Waals surface area contributed by atoms with Gasteiger partial charge in [0.2, 0.25) is 5.43 Å². The van der Waals surface area contributed by atoms with Gasteiger partial charge in [-0.1, -0.05) is 6.07 Å². The molecule has 0 saturated carbocycles. The second kappa shape index (κ2) is 6.79. The first-order valence-electron chi connectivity index (χ1n) is 8.68. The largest absolute Gasteiger partial charge is 0.358 e. The van der Waals surface area contributed by atoms with Gasteiger partial charge in [-0.3, -0.25) is 14.4 Å². The Morgan fingerprint density at radius 1 is 1.26 bits per heavy atom. The Bertz CT molecular complexity index is 1140. The molecule has 0 spiro atoms. The van der Waals surface area contributed by atoms with Crippen LogP contribution in [0.15, 0.2) is 46.4 Å². The summed E-state index contributed by atoms with van der Waals surface area (Å²) in [5.41, 5.74) is -0.0391. The minimum absolute atomic E-state index is 0.0207. The van der Waals surface area contributed by atoms with E-state index in [0.29, 0.717) is 18.8 Å². The number of H-pyrrole nitrogens is 2. The number of hydrogen-bond donors (Lipinski definition) is 2. The number of halogens is 1. The van der Waals surface area contributed by atoms with Crippen LogP contribution in [-0.4, -0.2) is 38.8 Å². The number of rotatable bonds is 2. The van der Waals surface area contributed by atoms with Gasteiger partial charge < -0.3 is 14.9 Å². The molecule has 8 heteroatoms. The summed E-state index contributed by atoms with van der Waals surface area (Å²) >= 11 is 0. The molecule has 1 aliphatic rings. The number of para-hydroxylation sites is 1. The van der Waals surface area contributed by atoms with Crippen molar-refractivity contribution in [1.29, 1.82) is 0 Å². The average molecular weight is 368 g/mol. The fourth-order valence-corrected chi connectivity index (χ4v) is 3.55. The van der Waals surface area contributed by atoms with Gasteiger partial charge in [0.15, 0.2) is 0 Å². The maximum Gasteiger partial charge on any atom is 0.259 e. The Hall–Kier alpha value is -3.29. The summed E-state index contributed by atoms with van der Waals surface area (Å²) < 4.78 is 13.8. The Morgan fingerprint density at radius 2 is 2.11 bits per heavy atom. The van der Waals surface area contributed by atoms with E-state index in [2.05, 4.69) is 15.0 Å². The highest BCUT2D eigenvalue weighted by molar-refractivity contribution is 5.97. The number of aromatic nitrogens is 3. The summed E-state index contributed by atoms with van der Waals surface area (Å²) in [6.45, 7) is 0.884. The zero-order valence-corrected chi connectivity index (χ0v) is 14.4. The highest BCUT2D eigenvalue weighted by atomic mass is 19.1. The van der Waals surface area contributed by atoms with Crippen molar-refractivity contribution in [2.24, 2.45) is 0 Å². The van der Waals surface area contributed by atoms with Gasteiger partial charge in [0, 0.05) is 36.7 Å². The molecule has 0 bridgehead atoms. The molecule has 1 saturated heterocycles. The van der Waals surface area contributed by atoms with Crippen LogP contribution < -0.4 is 11.0 Å². The van der Waals surface area contributed by atoms with Crippen molar-refractivity contribution in [3.05, 3.63) is 74.4 Å². The van der Waals surface area contributed by atoms with E-state index >= 15 is 0 Å². The third-order valence-corrected chi connectivity index (χ3v) is 4.92. The Kier molecular flexibility index (Phi) is 4.31. The van der Waals surface area contributed by atoms with Crippen LogP contribution >= 0.6 is 0 Å². The molecular formula is C19H17FN4O3. The van der Waals surface area contributed by atoms with E-state index in [1.54, 1.807) is 4.90 Å². The molecule has 4 rings (SSSR count). The van der Waals surface area contributed by atoms with Crippen molar-refractivity contribution in [2.75, 3.05) is 13.1 Å². The standard InChI is InChI=1S/C19H17FN4O3/c20-14-5-1-4-12-17(14)21-8-13(18(12)26)19(27)24-6-2-3-11(9-24)15-7-16(25)23-10-22-15/h1,4-5,7-8,10-11H,2-3,6,9H2,(H,21,26)(H,22,23,25)/t11-/m0/s1. The van der Waals surface area contributed by atoms with Crippen molar-refractivity contribution >= 4 is 16.8 Å². The molecule has 0 unspecified atom stereocenters. The van der Waals surface area contributed by atoms with Crippen molar-refractivity contribution in [3.63, 3.8) is 0 Å². The lowest BCUT2D eigenvalue weighted by atomic mass is 9.94. The first-order valence-corrected chi connectivity index (χ1v) is 8.68. The van der Waals surface area contributed by atoms with E-state index in [9.17, 15) is 18.8 Å². The van der Waals surface area contributed by atoms with Gasteiger partial charge in [0.1, 0.15) is 11.4 Å². The monoisotopic (exact) mass is 368 g/mol. The molecule has 0 radical (unpaired) electrons. The molecule has 7 nitrogen and oxygen atoms in total. The van der Waals surface area contributed by atoms with Crippen LogP contribution in [0.2, 0.25) is 0 Å². The van der Waals surface area contributed by atoms with E-state index in [1.807, 2.05) is 0 Å². The molecule has 1 aromatic carbocycles. The van der Waals surface area contributed by atoms with Crippen molar-refractivity contribution in [2.45, 2.75) is 18.8 Å². The second-order valence-electron chi connectivity index (χ2n) is 6.62. The summed E-state index contributed by atoms with van der Waals surface area (Å²) in [6, 6.07) is 5.62. The quantitative estimate of drug-likeness (QED) is 0.720. The van der Waals surface area contributed by atoms with Crippen LogP contribution in [0, 0.1) is 5.82 Å². The van der Waals surface area contributed by atoms with E-state index in [1.165, 1.54) is 36.8 Å². The van der Waals surface area contributed by atoms with Crippen LogP contribution in [0.1, 0.15) is 34.8 Å². The van der Waals surface area contributed by atoms with E-state index in [-0.39, 0.29) is 27.9 Å². The fourth-order valence-electron chi connectivity index (χ4n) is 3.55. The van der Waals surface area contributed by atoms with Crippen molar-refractivity contribution < 1.29 is 9.18 Å². The molecular weight excluding hydrogens is 351 g/mol.